The highest BCUT2D eigenvalue weighted by Gasteiger charge is 2.28. The van der Waals surface area contributed by atoms with Crippen molar-refractivity contribution < 1.29 is 9.90 Å². The number of aliphatic hydroxyl groups is 1. The molecule has 0 unspecified atom stereocenters. The van der Waals surface area contributed by atoms with Crippen LogP contribution in [0, 0.1) is 0 Å². The first-order valence-electron chi connectivity index (χ1n) is 3.91. The average molecular weight is 195 g/mol. The van der Waals surface area contributed by atoms with Crippen LogP contribution in [0.25, 0.3) is 5.57 Å². The van der Waals surface area contributed by atoms with E-state index in [9.17, 15) is 9.90 Å². The number of rotatable bonds is 1. The number of carbonyl (C=O) groups is 1. The van der Waals surface area contributed by atoms with Crippen molar-refractivity contribution in [3.05, 3.63) is 28.1 Å². The molecule has 13 heavy (non-hydrogen) atoms. The molecule has 1 aliphatic heterocycles. The number of carbonyl (C=O) groups excluding carboxylic acids is 1. The van der Waals surface area contributed by atoms with E-state index in [4.69, 9.17) is 0 Å². The summed E-state index contributed by atoms with van der Waals surface area (Å²) in [6, 6.07) is 3.71. The zero-order valence-corrected chi connectivity index (χ0v) is 7.97. The Morgan fingerprint density at radius 1 is 1.62 bits per heavy atom. The summed E-state index contributed by atoms with van der Waals surface area (Å²) in [7, 11) is 1.68. The molecule has 1 N–H and O–H groups in total. The van der Waals surface area contributed by atoms with E-state index in [0.717, 1.165) is 4.88 Å². The van der Waals surface area contributed by atoms with Crippen LogP contribution < -0.4 is 0 Å². The first-order chi connectivity index (χ1) is 6.20. The van der Waals surface area contributed by atoms with Gasteiger partial charge in [0.2, 0.25) is 0 Å². The van der Waals surface area contributed by atoms with Crippen LogP contribution in [-0.2, 0) is 4.79 Å². The van der Waals surface area contributed by atoms with Gasteiger partial charge in [0.1, 0.15) is 5.76 Å². The Hall–Kier alpha value is -1.29. The van der Waals surface area contributed by atoms with Crippen molar-refractivity contribution >= 4 is 22.8 Å². The van der Waals surface area contributed by atoms with Crippen LogP contribution in [0.4, 0.5) is 0 Å². The fraction of sp³-hybridized carbons (Fsp3) is 0.222. The fourth-order valence-electron chi connectivity index (χ4n) is 1.36. The van der Waals surface area contributed by atoms with Crippen LogP contribution in [0.2, 0.25) is 0 Å². The van der Waals surface area contributed by atoms with E-state index < -0.39 is 0 Å². The van der Waals surface area contributed by atoms with Gasteiger partial charge in [-0.1, -0.05) is 6.07 Å². The molecule has 0 saturated heterocycles. The zero-order valence-electron chi connectivity index (χ0n) is 7.15. The van der Waals surface area contributed by atoms with Gasteiger partial charge in [0.25, 0.3) is 5.91 Å². The Labute approximate surface area is 79.9 Å². The summed E-state index contributed by atoms with van der Waals surface area (Å²) in [6.07, 6.45) is 0. The van der Waals surface area contributed by atoms with Crippen LogP contribution in [0.3, 0.4) is 0 Å². The van der Waals surface area contributed by atoms with Crippen molar-refractivity contribution in [1.82, 2.24) is 4.90 Å². The molecule has 0 radical (unpaired) electrons. The van der Waals surface area contributed by atoms with Crippen LogP contribution in [0.5, 0.6) is 0 Å². The highest BCUT2D eigenvalue weighted by atomic mass is 32.1. The largest absolute Gasteiger partial charge is 0.510 e. The number of likely N-dealkylation sites (N-methyl/N-ethyl adjacent to an activating group) is 1. The molecule has 0 saturated carbocycles. The van der Waals surface area contributed by atoms with E-state index in [1.54, 1.807) is 7.05 Å². The van der Waals surface area contributed by atoms with E-state index in [0.29, 0.717) is 12.1 Å². The fourth-order valence-corrected chi connectivity index (χ4v) is 2.14. The molecule has 68 valence electrons. The van der Waals surface area contributed by atoms with Gasteiger partial charge in [-0.05, 0) is 11.4 Å². The minimum absolute atomic E-state index is 0.0973. The average Bonchev–Trinajstić information content (AvgIpc) is 2.63. The summed E-state index contributed by atoms with van der Waals surface area (Å²) in [6.45, 7) is 0.325. The topological polar surface area (TPSA) is 40.5 Å². The summed E-state index contributed by atoms with van der Waals surface area (Å²) in [4.78, 5) is 13.9. The van der Waals surface area contributed by atoms with Crippen LogP contribution in [0.1, 0.15) is 4.88 Å². The predicted molar refractivity (Wildman–Crippen MR) is 51.5 cm³/mol. The maximum atomic E-state index is 11.5. The first kappa shape index (κ1) is 8.31. The molecule has 2 heterocycles. The Kier molecular flexibility index (Phi) is 1.84. The van der Waals surface area contributed by atoms with Gasteiger partial charge in [0.05, 0.1) is 12.1 Å². The maximum absolute atomic E-state index is 11.5. The highest BCUT2D eigenvalue weighted by molar-refractivity contribution is 7.11. The van der Waals surface area contributed by atoms with Crippen molar-refractivity contribution in [2.75, 3.05) is 13.6 Å². The second-order valence-electron chi connectivity index (χ2n) is 2.96. The van der Waals surface area contributed by atoms with Gasteiger partial charge >= 0.3 is 0 Å². The third-order valence-corrected chi connectivity index (χ3v) is 2.89. The molecule has 4 heteroatoms. The van der Waals surface area contributed by atoms with E-state index in [-0.39, 0.29) is 11.7 Å². The van der Waals surface area contributed by atoms with Crippen molar-refractivity contribution in [3.8, 4) is 0 Å². The van der Waals surface area contributed by atoms with Gasteiger partial charge in [0.15, 0.2) is 0 Å². The van der Waals surface area contributed by atoms with Crippen LogP contribution in [-0.4, -0.2) is 29.5 Å². The van der Waals surface area contributed by atoms with Crippen LogP contribution in [0.15, 0.2) is 23.3 Å². The van der Waals surface area contributed by atoms with Crippen LogP contribution >= 0.6 is 11.3 Å². The molecule has 1 amide bonds. The molecule has 3 nitrogen and oxygen atoms in total. The lowest BCUT2D eigenvalue weighted by molar-refractivity contribution is -0.122. The zero-order chi connectivity index (χ0) is 9.42. The number of thiophene rings is 1. The molecule has 0 aliphatic carbocycles. The van der Waals surface area contributed by atoms with Gasteiger partial charge < -0.3 is 10.0 Å². The molecule has 0 atom stereocenters. The molecular formula is C9H9NO2S. The highest BCUT2D eigenvalue weighted by Crippen LogP contribution is 2.28. The summed E-state index contributed by atoms with van der Waals surface area (Å²) in [5, 5.41) is 11.4. The van der Waals surface area contributed by atoms with E-state index in [2.05, 4.69) is 0 Å². The van der Waals surface area contributed by atoms with Gasteiger partial charge in [0, 0.05) is 11.9 Å². The second kappa shape index (κ2) is 2.88. The molecule has 0 bridgehead atoms. The number of aliphatic hydroxyl groups excluding tert-OH is 1. The maximum Gasteiger partial charge on any atom is 0.258 e. The third kappa shape index (κ3) is 1.23. The molecule has 0 fully saturated rings. The second-order valence-corrected chi connectivity index (χ2v) is 3.91. The number of hydrogen-bond donors (Lipinski definition) is 1. The molecule has 1 aliphatic rings. The summed E-state index contributed by atoms with van der Waals surface area (Å²) >= 11 is 1.46. The quantitative estimate of drug-likeness (QED) is 0.737. The standard InChI is InChI=1S/C9H9NO2S/c1-10-5-6(11)8(9(10)12)7-3-2-4-13-7/h2-4,11H,5H2,1H3. The summed E-state index contributed by atoms with van der Waals surface area (Å²) in [5.41, 5.74) is 0.456. The SMILES string of the molecule is CN1CC(O)=C(c2cccs2)C1=O. The van der Waals surface area contributed by atoms with Crippen molar-refractivity contribution in [2.24, 2.45) is 0 Å². The van der Waals surface area contributed by atoms with Crippen molar-refractivity contribution in [3.63, 3.8) is 0 Å². The molecule has 0 spiro atoms. The normalized spacial score (nSPS) is 17.3. The Bertz CT molecular complexity index is 367. The minimum atomic E-state index is -0.0973. The Balaban J connectivity index is 2.44. The lowest BCUT2D eigenvalue weighted by Crippen LogP contribution is -2.21. The molecule has 1 aromatic heterocycles. The number of amides is 1. The summed E-state index contributed by atoms with van der Waals surface area (Å²) in [5.74, 6) is 0.0786. The molecule has 2 rings (SSSR count). The minimum Gasteiger partial charge on any atom is -0.510 e. The van der Waals surface area contributed by atoms with Gasteiger partial charge in [-0.15, -0.1) is 11.3 Å². The number of hydrogen-bond acceptors (Lipinski definition) is 3. The van der Waals surface area contributed by atoms with E-state index >= 15 is 0 Å². The smallest absolute Gasteiger partial charge is 0.258 e. The first-order valence-corrected chi connectivity index (χ1v) is 4.79. The Morgan fingerprint density at radius 2 is 2.38 bits per heavy atom. The Morgan fingerprint density at radius 3 is 2.85 bits per heavy atom. The van der Waals surface area contributed by atoms with Crippen molar-refractivity contribution in [2.45, 2.75) is 0 Å². The summed E-state index contributed by atoms with van der Waals surface area (Å²) < 4.78 is 0. The van der Waals surface area contributed by atoms with E-state index in [1.165, 1.54) is 16.2 Å². The van der Waals surface area contributed by atoms with Crippen molar-refractivity contribution in [1.29, 1.82) is 0 Å². The van der Waals surface area contributed by atoms with Gasteiger partial charge in [-0.2, -0.15) is 0 Å². The van der Waals surface area contributed by atoms with Gasteiger partial charge in [-0.3, -0.25) is 4.79 Å². The van der Waals surface area contributed by atoms with E-state index in [1.807, 2.05) is 17.5 Å². The third-order valence-electron chi connectivity index (χ3n) is 2.00. The lowest BCUT2D eigenvalue weighted by Gasteiger charge is -2.06. The number of nitrogens with zero attached hydrogens (tertiary/aromatic N) is 1. The lowest BCUT2D eigenvalue weighted by atomic mass is 10.2. The monoisotopic (exact) mass is 195 g/mol. The predicted octanol–water partition coefficient (Wildman–Crippen LogP) is 1.49. The molecule has 1 aromatic rings. The molecule has 0 aromatic carbocycles. The van der Waals surface area contributed by atoms with Gasteiger partial charge in [-0.25, -0.2) is 0 Å². The molecular weight excluding hydrogens is 186 g/mol.